The highest BCUT2D eigenvalue weighted by Crippen LogP contribution is 2.24. The molecule has 0 aliphatic carbocycles. The number of nitrogens with one attached hydrogen (secondary N) is 1. The molecule has 0 radical (unpaired) electrons. The summed E-state index contributed by atoms with van der Waals surface area (Å²) in [5, 5.41) is 14.5. The maximum absolute atomic E-state index is 11.1. The van der Waals surface area contributed by atoms with E-state index in [0.29, 0.717) is 6.42 Å². The highest BCUT2D eigenvalue weighted by molar-refractivity contribution is 5.85. The van der Waals surface area contributed by atoms with E-state index in [-0.39, 0.29) is 29.1 Å². The summed E-state index contributed by atoms with van der Waals surface area (Å²) >= 11 is 0. The predicted octanol–water partition coefficient (Wildman–Crippen LogP) is 3.91. The third-order valence-corrected chi connectivity index (χ3v) is 3.26. The Bertz CT molecular complexity index is 575. The van der Waals surface area contributed by atoms with Gasteiger partial charge in [0.1, 0.15) is 0 Å². The molecule has 4 nitrogen and oxygen atoms in total. The van der Waals surface area contributed by atoms with Gasteiger partial charge in [-0.1, -0.05) is 55.5 Å². The molecule has 2 aromatic rings. The zero-order chi connectivity index (χ0) is 14.4. The molecular weight excluding hydrogens is 288 g/mol. The molecule has 0 heterocycles. The summed E-state index contributed by atoms with van der Waals surface area (Å²) in [6.45, 7) is 2.86. The SMILES string of the molecule is CCNC(Cc1ccccc1[N+](=O)[O-])c1ccccc1.Cl. The van der Waals surface area contributed by atoms with E-state index in [2.05, 4.69) is 5.32 Å². The summed E-state index contributed by atoms with van der Waals surface area (Å²) in [4.78, 5) is 10.8. The Morgan fingerprint density at radius 3 is 2.33 bits per heavy atom. The second-order valence-corrected chi connectivity index (χ2v) is 4.61. The Morgan fingerprint density at radius 2 is 1.71 bits per heavy atom. The molecule has 0 spiro atoms. The number of hydrogen-bond donors (Lipinski definition) is 1. The summed E-state index contributed by atoms with van der Waals surface area (Å²) in [6, 6.07) is 17.0. The molecule has 21 heavy (non-hydrogen) atoms. The van der Waals surface area contributed by atoms with Crippen molar-refractivity contribution in [1.82, 2.24) is 5.32 Å². The molecule has 0 aliphatic heterocycles. The fourth-order valence-corrected chi connectivity index (χ4v) is 2.32. The fourth-order valence-electron chi connectivity index (χ4n) is 2.32. The first-order valence-electron chi connectivity index (χ1n) is 6.73. The summed E-state index contributed by atoms with van der Waals surface area (Å²) in [7, 11) is 0. The van der Waals surface area contributed by atoms with Crippen LogP contribution in [0.15, 0.2) is 54.6 Å². The molecule has 0 amide bonds. The predicted molar refractivity (Wildman–Crippen MR) is 86.9 cm³/mol. The van der Waals surface area contributed by atoms with E-state index in [1.807, 2.05) is 49.4 Å². The van der Waals surface area contributed by atoms with Crippen LogP contribution in [0.1, 0.15) is 24.1 Å². The number of hydrogen-bond acceptors (Lipinski definition) is 3. The van der Waals surface area contributed by atoms with Gasteiger partial charge in [0, 0.05) is 17.7 Å². The van der Waals surface area contributed by atoms with Gasteiger partial charge in [-0.05, 0) is 18.5 Å². The molecule has 0 aliphatic rings. The number of likely N-dealkylation sites (N-methyl/N-ethyl adjacent to an activating group) is 1. The van der Waals surface area contributed by atoms with E-state index < -0.39 is 0 Å². The molecule has 5 heteroatoms. The number of halogens is 1. The fraction of sp³-hybridized carbons (Fsp3) is 0.250. The molecule has 0 saturated heterocycles. The standard InChI is InChI=1S/C16H18N2O2.ClH/c1-2-17-15(13-8-4-3-5-9-13)12-14-10-6-7-11-16(14)18(19)20;/h3-11,15,17H,2,12H2,1H3;1H. The number of benzene rings is 2. The van der Waals surface area contributed by atoms with Crippen LogP contribution in [-0.2, 0) is 6.42 Å². The van der Waals surface area contributed by atoms with E-state index in [1.54, 1.807) is 12.1 Å². The third kappa shape index (κ3) is 4.55. The van der Waals surface area contributed by atoms with Crippen molar-refractivity contribution in [3.05, 3.63) is 75.8 Å². The Balaban J connectivity index is 0.00000220. The van der Waals surface area contributed by atoms with Gasteiger partial charge in [-0.25, -0.2) is 0 Å². The van der Waals surface area contributed by atoms with E-state index in [9.17, 15) is 10.1 Å². The molecule has 0 fully saturated rings. The largest absolute Gasteiger partial charge is 0.310 e. The second-order valence-electron chi connectivity index (χ2n) is 4.61. The van der Waals surface area contributed by atoms with E-state index >= 15 is 0 Å². The van der Waals surface area contributed by atoms with Crippen molar-refractivity contribution in [2.75, 3.05) is 6.54 Å². The summed E-state index contributed by atoms with van der Waals surface area (Å²) < 4.78 is 0. The van der Waals surface area contributed by atoms with Gasteiger partial charge in [-0.3, -0.25) is 10.1 Å². The van der Waals surface area contributed by atoms with Crippen LogP contribution in [0.5, 0.6) is 0 Å². The van der Waals surface area contributed by atoms with Crippen LogP contribution in [0.3, 0.4) is 0 Å². The van der Waals surface area contributed by atoms with Crippen LogP contribution < -0.4 is 5.32 Å². The Labute approximate surface area is 130 Å². The molecule has 1 unspecified atom stereocenters. The van der Waals surface area contributed by atoms with Crippen molar-refractivity contribution >= 4 is 18.1 Å². The van der Waals surface area contributed by atoms with Gasteiger partial charge < -0.3 is 5.32 Å². The zero-order valence-electron chi connectivity index (χ0n) is 11.9. The summed E-state index contributed by atoms with van der Waals surface area (Å²) in [5.74, 6) is 0. The average molecular weight is 307 g/mol. The van der Waals surface area contributed by atoms with E-state index in [4.69, 9.17) is 0 Å². The zero-order valence-corrected chi connectivity index (χ0v) is 12.7. The lowest BCUT2D eigenvalue weighted by molar-refractivity contribution is -0.385. The third-order valence-electron chi connectivity index (χ3n) is 3.26. The van der Waals surface area contributed by atoms with Crippen molar-refractivity contribution in [3.8, 4) is 0 Å². The van der Waals surface area contributed by atoms with Crippen LogP contribution in [0.4, 0.5) is 5.69 Å². The Morgan fingerprint density at radius 1 is 1.10 bits per heavy atom. The first-order valence-corrected chi connectivity index (χ1v) is 6.73. The number of rotatable bonds is 6. The van der Waals surface area contributed by atoms with Crippen molar-refractivity contribution in [1.29, 1.82) is 0 Å². The minimum atomic E-state index is -0.316. The molecule has 0 bridgehead atoms. The molecule has 112 valence electrons. The van der Waals surface area contributed by atoms with Gasteiger partial charge in [0.15, 0.2) is 0 Å². The second kappa shape index (κ2) is 8.39. The van der Waals surface area contributed by atoms with Crippen molar-refractivity contribution < 1.29 is 4.92 Å². The lowest BCUT2D eigenvalue weighted by Crippen LogP contribution is -2.23. The van der Waals surface area contributed by atoms with E-state index in [1.165, 1.54) is 0 Å². The quantitative estimate of drug-likeness (QED) is 0.650. The van der Waals surface area contributed by atoms with Crippen molar-refractivity contribution in [3.63, 3.8) is 0 Å². The van der Waals surface area contributed by atoms with Gasteiger partial charge in [0.25, 0.3) is 5.69 Å². The average Bonchev–Trinajstić information content (AvgIpc) is 2.48. The van der Waals surface area contributed by atoms with Crippen LogP contribution in [0, 0.1) is 10.1 Å². The smallest absolute Gasteiger partial charge is 0.272 e. The normalized spacial score (nSPS) is 11.5. The molecule has 2 aromatic carbocycles. The highest BCUT2D eigenvalue weighted by Gasteiger charge is 2.17. The Kier molecular flexibility index (Phi) is 6.85. The lowest BCUT2D eigenvalue weighted by Gasteiger charge is -2.18. The Hall–Kier alpha value is -1.91. The van der Waals surface area contributed by atoms with Gasteiger partial charge in [-0.2, -0.15) is 0 Å². The van der Waals surface area contributed by atoms with Gasteiger partial charge in [-0.15, -0.1) is 12.4 Å². The number of nitrogens with zero attached hydrogens (tertiary/aromatic N) is 1. The van der Waals surface area contributed by atoms with Crippen LogP contribution >= 0.6 is 12.4 Å². The highest BCUT2D eigenvalue weighted by atomic mass is 35.5. The molecule has 1 N–H and O–H groups in total. The van der Waals surface area contributed by atoms with Crippen LogP contribution in [0.25, 0.3) is 0 Å². The monoisotopic (exact) mass is 306 g/mol. The van der Waals surface area contributed by atoms with Crippen molar-refractivity contribution in [2.45, 2.75) is 19.4 Å². The van der Waals surface area contributed by atoms with Gasteiger partial charge >= 0.3 is 0 Å². The molecule has 0 saturated carbocycles. The minimum absolute atomic E-state index is 0. The summed E-state index contributed by atoms with van der Waals surface area (Å²) in [5.41, 5.74) is 2.09. The van der Waals surface area contributed by atoms with E-state index in [0.717, 1.165) is 17.7 Å². The number of nitro groups is 1. The number of para-hydroxylation sites is 1. The summed E-state index contributed by atoms with van der Waals surface area (Å²) in [6.07, 6.45) is 0.606. The molecule has 2 rings (SSSR count). The maximum Gasteiger partial charge on any atom is 0.272 e. The molecule has 0 aromatic heterocycles. The van der Waals surface area contributed by atoms with Gasteiger partial charge in [0.2, 0.25) is 0 Å². The molecule has 1 atom stereocenters. The van der Waals surface area contributed by atoms with Crippen LogP contribution in [-0.4, -0.2) is 11.5 Å². The topological polar surface area (TPSA) is 55.2 Å². The first-order chi connectivity index (χ1) is 9.72. The van der Waals surface area contributed by atoms with Gasteiger partial charge in [0.05, 0.1) is 4.92 Å². The maximum atomic E-state index is 11.1. The molecular formula is C16H19ClN2O2. The first kappa shape index (κ1) is 17.1. The lowest BCUT2D eigenvalue weighted by atomic mass is 9.98. The van der Waals surface area contributed by atoms with Crippen molar-refractivity contribution in [2.24, 2.45) is 0 Å². The minimum Gasteiger partial charge on any atom is -0.310 e. The van der Waals surface area contributed by atoms with Crippen LogP contribution in [0.2, 0.25) is 0 Å². The number of nitro benzene ring substituents is 1.